The number of nitrogens with zero attached hydrogens (tertiary/aromatic N) is 1. The van der Waals surface area contributed by atoms with Gasteiger partial charge in [-0.15, -0.1) is 11.8 Å². The lowest BCUT2D eigenvalue weighted by Crippen LogP contribution is -2.23. The molecule has 22 heavy (non-hydrogen) atoms. The minimum Gasteiger partial charge on any atom is -0.493 e. The molecule has 1 aromatic carbocycles. The first-order chi connectivity index (χ1) is 10.5. The molecule has 2 aromatic rings. The van der Waals surface area contributed by atoms with Gasteiger partial charge >= 0.3 is 0 Å². The molecule has 6 heteroatoms. The lowest BCUT2D eigenvalue weighted by Gasteiger charge is -2.11. The Labute approximate surface area is 134 Å². The predicted octanol–water partition coefficient (Wildman–Crippen LogP) is 3.43. The zero-order valence-corrected chi connectivity index (χ0v) is 13.8. The summed E-state index contributed by atoms with van der Waals surface area (Å²) in [7, 11) is 0. The minimum atomic E-state index is -0.182. The fourth-order valence-corrected chi connectivity index (χ4v) is 2.56. The van der Waals surface area contributed by atoms with Gasteiger partial charge in [0.05, 0.1) is 11.9 Å². The normalized spacial score (nSPS) is 12.0. The van der Waals surface area contributed by atoms with E-state index in [0.29, 0.717) is 18.2 Å². The average molecular weight is 320 g/mol. The number of anilines is 1. The van der Waals surface area contributed by atoms with Gasteiger partial charge in [-0.2, -0.15) is 0 Å². The number of aryl methyl sites for hydroxylation is 2. The summed E-state index contributed by atoms with van der Waals surface area (Å²) < 4.78 is 10.6. The Balaban J connectivity index is 1.68. The molecule has 1 amide bonds. The van der Waals surface area contributed by atoms with Gasteiger partial charge in [0.2, 0.25) is 5.91 Å². The van der Waals surface area contributed by atoms with E-state index in [9.17, 15) is 4.79 Å². The van der Waals surface area contributed by atoms with Gasteiger partial charge in [-0.05, 0) is 38.5 Å². The maximum Gasteiger partial charge on any atom is 0.238 e. The lowest BCUT2D eigenvalue weighted by atomic mass is 10.2. The highest BCUT2D eigenvalue weighted by atomic mass is 32.2. The third-order valence-electron chi connectivity index (χ3n) is 2.96. The number of amides is 1. The number of hydrogen-bond acceptors (Lipinski definition) is 5. The zero-order chi connectivity index (χ0) is 15.9. The van der Waals surface area contributed by atoms with Gasteiger partial charge in [0.25, 0.3) is 0 Å². The molecule has 2 rings (SSSR count). The summed E-state index contributed by atoms with van der Waals surface area (Å²) in [5, 5.41) is 6.28. The lowest BCUT2D eigenvalue weighted by molar-refractivity contribution is -0.115. The van der Waals surface area contributed by atoms with E-state index in [1.165, 1.54) is 17.3 Å². The second-order valence-corrected chi connectivity index (χ2v) is 6.44. The summed E-state index contributed by atoms with van der Waals surface area (Å²) in [4.78, 5) is 12.0. The highest BCUT2D eigenvalue weighted by molar-refractivity contribution is 8.00. The van der Waals surface area contributed by atoms with E-state index >= 15 is 0 Å². The van der Waals surface area contributed by atoms with Crippen molar-refractivity contribution >= 4 is 23.5 Å². The third kappa shape index (κ3) is 5.11. The SMILES string of the molecule is Cc1cccc(OCCSC(C)C(=O)Nc2cc(C)on2)c1. The van der Waals surface area contributed by atoms with Crippen molar-refractivity contribution in [2.45, 2.75) is 26.0 Å². The number of rotatable bonds is 7. The number of carbonyl (C=O) groups is 1. The summed E-state index contributed by atoms with van der Waals surface area (Å²) in [5.74, 6) is 2.62. The number of thioether (sulfide) groups is 1. The monoisotopic (exact) mass is 320 g/mol. The molecule has 0 saturated heterocycles. The zero-order valence-electron chi connectivity index (χ0n) is 13.0. The molecule has 1 N–H and O–H groups in total. The highest BCUT2D eigenvalue weighted by Crippen LogP contribution is 2.16. The van der Waals surface area contributed by atoms with Crippen LogP contribution in [0, 0.1) is 13.8 Å². The van der Waals surface area contributed by atoms with E-state index in [1.54, 1.807) is 13.0 Å². The van der Waals surface area contributed by atoms with Crippen LogP contribution in [0.1, 0.15) is 18.2 Å². The highest BCUT2D eigenvalue weighted by Gasteiger charge is 2.15. The Bertz CT molecular complexity index is 627. The van der Waals surface area contributed by atoms with Gasteiger partial charge in [0, 0.05) is 11.8 Å². The van der Waals surface area contributed by atoms with Crippen molar-refractivity contribution in [2.24, 2.45) is 0 Å². The molecule has 0 fully saturated rings. The van der Waals surface area contributed by atoms with Crippen molar-refractivity contribution in [3.63, 3.8) is 0 Å². The van der Waals surface area contributed by atoms with Crippen LogP contribution >= 0.6 is 11.8 Å². The Morgan fingerprint density at radius 2 is 2.23 bits per heavy atom. The Morgan fingerprint density at radius 3 is 2.91 bits per heavy atom. The quantitative estimate of drug-likeness (QED) is 0.792. The van der Waals surface area contributed by atoms with Crippen molar-refractivity contribution in [1.82, 2.24) is 5.16 Å². The fraction of sp³-hybridized carbons (Fsp3) is 0.375. The Kier molecular flexibility index (Phi) is 5.89. The first kappa shape index (κ1) is 16.4. The van der Waals surface area contributed by atoms with Crippen LogP contribution in [0.5, 0.6) is 5.75 Å². The van der Waals surface area contributed by atoms with Crippen LogP contribution in [0.25, 0.3) is 0 Å². The average Bonchev–Trinajstić information content (AvgIpc) is 2.88. The second-order valence-electron chi connectivity index (χ2n) is 4.99. The van der Waals surface area contributed by atoms with Gasteiger partial charge < -0.3 is 14.6 Å². The number of ether oxygens (including phenoxy) is 1. The molecule has 5 nitrogen and oxygen atoms in total. The molecule has 0 aliphatic heterocycles. The number of carbonyl (C=O) groups excluding carboxylic acids is 1. The molecule has 1 unspecified atom stereocenters. The molecule has 0 aliphatic carbocycles. The molecule has 118 valence electrons. The summed E-state index contributed by atoms with van der Waals surface area (Å²) >= 11 is 1.54. The molecular weight excluding hydrogens is 300 g/mol. The van der Waals surface area contributed by atoms with Gasteiger partial charge in [-0.3, -0.25) is 4.79 Å². The van der Waals surface area contributed by atoms with E-state index in [1.807, 2.05) is 38.1 Å². The molecule has 0 bridgehead atoms. The van der Waals surface area contributed by atoms with Crippen LogP contribution in [0.4, 0.5) is 5.82 Å². The molecule has 0 radical (unpaired) electrons. The molecule has 0 spiro atoms. The van der Waals surface area contributed by atoms with Crippen molar-refractivity contribution in [3.05, 3.63) is 41.7 Å². The first-order valence-electron chi connectivity index (χ1n) is 7.10. The van der Waals surface area contributed by atoms with Crippen LogP contribution in [0.3, 0.4) is 0 Å². The van der Waals surface area contributed by atoms with E-state index in [0.717, 1.165) is 11.5 Å². The summed E-state index contributed by atoms with van der Waals surface area (Å²) in [5.41, 5.74) is 1.17. The van der Waals surface area contributed by atoms with Crippen LogP contribution in [-0.2, 0) is 4.79 Å². The van der Waals surface area contributed by atoms with Crippen molar-refractivity contribution in [3.8, 4) is 5.75 Å². The van der Waals surface area contributed by atoms with Gasteiger partial charge in [0.15, 0.2) is 5.82 Å². The maximum atomic E-state index is 12.0. The van der Waals surface area contributed by atoms with Crippen LogP contribution in [0.15, 0.2) is 34.9 Å². The van der Waals surface area contributed by atoms with Crippen LogP contribution in [-0.4, -0.2) is 28.7 Å². The van der Waals surface area contributed by atoms with Crippen LogP contribution < -0.4 is 10.1 Å². The summed E-state index contributed by atoms with van der Waals surface area (Å²) in [6.45, 7) is 6.23. The van der Waals surface area contributed by atoms with Gasteiger partial charge in [0.1, 0.15) is 11.5 Å². The first-order valence-corrected chi connectivity index (χ1v) is 8.15. The Hall–Kier alpha value is -1.95. The summed E-state index contributed by atoms with van der Waals surface area (Å²) in [6.07, 6.45) is 0. The molecule has 1 heterocycles. The number of hydrogen-bond donors (Lipinski definition) is 1. The van der Waals surface area contributed by atoms with E-state index in [-0.39, 0.29) is 11.2 Å². The molecule has 0 aliphatic rings. The maximum absolute atomic E-state index is 12.0. The van der Waals surface area contributed by atoms with E-state index in [4.69, 9.17) is 9.26 Å². The molecule has 1 atom stereocenters. The third-order valence-corrected chi connectivity index (χ3v) is 4.07. The van der Waals surface area contributed by atoms with Gasteiger partial charge in [-0.25, -0.2) is 0 Å². The number of aromatic nitrogens is 1. The van der Waals surface area contributed by atoms with E-state index in [2.05, 4.69) is 10.5 Å². The largest absolute Gasteiger partial charge is 0.493 e. The molecular formula is C16H20N2O3S. The topological polar surface area (TPSA) is 64.4 Å². The van der Waals surface area contributed by atoms with Crippen molar-refractivity contribution in [1.29, 1.82) is 0 Å². The molecule has 0 saturated carbocycles. The summed E-state index contributed by atoms with van der Waals surface area (Å²) in [6, 6.07) is 9.61. The Morgan fingerprint density at radius 1 is 1.41 bits per heavy atom. The number of benzene rings is 1. The number of nitrogens with one attached hydrogen (secondary N) is 1. The van der Waals surface area contributed by atoms with Gasteiger partial charge in [-0.1, -0.05) is 17.3 Å². The minimum absolute atomic E-state index is 0.0890. The standard InChI is InChI=1S/C16H20N2O3S/c1-11-5-4-6-14(9-11)20-7-8-22-13(3)16(19)17-15-10-12(2)21-18-15/h4-6,9-10,13H,7-8H2,1-3H3,(H,17,18,19). The van der Waals surface area contributed by atoms with E-state index < -0.39 is 0 Å². The van der Waals surface area contributed by atoms with Crippen molar-refractivity contribution < 1.29 is 14.1 Å². The van der Waals surface area contributed by atoms with Crippen molar-refractivity contribution in [2.75, 3.05) is 17.7 Å². The van der Waals surface area contributed by atoms with Crippen LogP contribution in [0.2, 0.25) is 0 Å². The molecule has 1 aromatic heterocycles. The predicted molar refractivity (Wildman–Crippen MR) is 88.5 cm³/mol. The fourth-order valence-electron chi connectivity index (χ4n) is 1.82. The smallest absolute Gasteiger partial charge is 0.238 e. The second kappa shape index (κ2) is 7.89.